The van der Waals surface area contributed by atoms with Crippen molar-refractivity contribution in [2.24, 2.45) is 0 Å². The Morgan fingerprint density at radius 1 is 1.44 bits per heavy atom. The number of thioether (sulfide) groups is 1. The number of amides is 1. The van der Waals surface area contributed by atoms with Gasteiger partial charge in [-0.2, -0.15) is 0 Å². The summed E-state index contributed by atoms with van der Waals surface area (Å²) in [6.45, 7) is 6.89. The van der Waals surface area contributed by atoms with E-state index in [4.69, 9.17) is 9.84 Å². The lowest BCUT2D eigenvalue weighted by molar-refractivity contribution is -0.133. The van der Waals surface area contributed by atoms with E-state index in [1.54, 1.807) is 0 Å². The van der Waals surface area contributed by atoms with Crippen molar-refractivity contribution in [2.75, 3.05) is 31.3 Å². The second-order valence-electron chi connectivity index (χ2n) is 3.25. The van der Waals surface area contributed by atoms with Crippen LogP contribution in [0.2, 0.25) is 0 Å². The number of hydrogen-bond donors (Lipinski definition) is 2. The molecule has 1 amide bonds. The molecule has 0 aliphatic rings. The normalized spacial score (nSPS) is 9.81. The molecule has 0 radical (unpaired) electrons. The number of nitrogens with one attached hydrogen (secondary N) is 1. The molecule has 0 saturated carbocycles. The van der Waals surface area contributed by atoms with Crippen LogP contribution in [0.4, 0.5) is 0 Å². The van der Waals surface area contributed by atoms with Gasteiger partial charge in [0, 0.05) is 6.54 Å². The average Bonchev–Trinajstić information content (AvgIpc) is 2.16. The lowest BCUT2D eigenvalue weighted by Gasteiger charge is -2.05. The fourth-order valence-electron chi connectivity index (χ4n) is 0.791. The number of aliphatic carboxylic acids is 1. The van der Waals surface area contributed by atoms with Crippen molar-refractivity contribution in [1.29, 1.82) is 0 Å². The molecule has 0 spiro atoms. The van der Waals surface area contributed by atoms with Gasteiger partial charge in [-0.3, -0.25) is 9.59 Å². The number of carboxylic acids is 1. The van der Waals surface area contributed by atoms with E-state index < -0.39 is 5.97 Å². The van der Waals surface area contributed by atoms with Gasteiger partial charge in [0.1, 0.15) is 0 Å². The van der Waals surface area contributed by atoms with Crippen LogP contribution in [0.3, 0.4) is 0 Å². The lowest BCUT2D eigenvalue weighted by Crippen LogP contribution is -2.29. The molecular weight excluding hydrogens is 230 g/mol. The Bertz CT molecular complexity index is 255. The quantitative estimate of drug-likeness (QED) is 0.459. The Balaban J connectivity index is 3.30. The predicted octanol–water partition coefficient (Wildman–Crippen LogP) is 0.513. The van der Waals surface area contributed by atoms with E-state index in [1.807, 2.05) is 6.92 Å². The minimum Gasteiger partial charge on any atom is -0.481 e. The van der Waals surface area contributed by atoms with Crippen LogP contribution in [-0.4, -0.2) is 48.2 Å². The van der Waals surface area contributed by atoms with Gasteiger partial charge in [0.25, 0.3) is 0 Å². The maximum Gasteiger partial charge on any atom is 0.313 e. The summed E-state index contributed by atoms with van der Waals surface area (Å²) < 4.78 is 5.17. The van der Waals surface area contributed by atoms with Crippen molar-refractivity contribution in [1.82, 2.24) is 5.32 Å². The van der Waals surface area contributed by atoms with Crippen LogP contribution in [0.1, 0.15) is 6.92 Å². The van der Waals surface area contributed by atoms with Gasteiger partial charge < -0.3 is 15.2 Å². The molecule has 0 aliphatic carbocycles. The molecule has 92 valence electrons. The molecule has 0 saturated heterocycles. The minimum absolute atomic E-state index is 0.0560. The number of carbonyl (C=O) groups is 2. The van der Waals surface area contributed by atoms with Crippen molar-refractivity contribution >= 4 is 23.6 Å². The van der Waals surface area contributed by atoms with Crippen LogP contribution in [0.5, 0.6) is 0 Å². The number of rotatable bonds is 9. The first-order valence-electron chi connectivity index (χ1n) is 4.80. The standard InChI is InChI=1S/C10H17NO4S/c1-8(2)5-15-4-3-11-9(12)6-16-7-10(13)14/h1,3-7H2,2H3,(H,11,12)(H,13,14). The number of carboxylic acid groups (broad SMARTS) is 1. The van der Waals surface area contributed by atoms with Gasteiger partial charge in [-0.15, -0.1) is 11.8 Å². The number of ether oxygens (including phenoxy) is 1. The summed E-state index contributed by atoms with van der Waals surface area (Å²) in [6.07, 6.45) is 0. The number of carbonyl (C=O) groups excluding carboxylic acids is 1. The SMILES string of the molecule is C=C(C)COCCNC(=O)CSCC(=O)O. The average molecular weight is 247 g/mol. The second-order valence-corrected chi connectivity index (χ2v) is 4.23. The molecule has 0 aromatic carbocycles. The molecule has 2 N–H and O–H groups in total. The Hall–Kier alpha value is -1.01. The minimum atomic E-state index is -0.914. The van der Waals surface area contributed by atoms with E-state index in [2.05, 4.69) is 11.9 Å². The number of hydrogen-bond acceptors (Lipinski definition) is 4. The molecule has 0 aromatic rings. The highest BCUT2D eigenvalue weighted by Gasteiger charge is 2.03. The molecule has 5 nitrogen and oxygen atoms in total. The van der Waals surface area contributed by atoms with E-state index >= 15 is 0 Å². The fraction of sp³-hybridized carbons (Fsp3) is 0.600. The molecule has 16 heavy (non-hydrogen) atoms. The van der Waals surface area contributed by atoms with Crippen molar-refractivity contribution < 1.29 is 19.4 Å². The zero-order chi connectivity index (χ0) is 12.4. The summed E-state index contributed by atoms with van der Waals surface area (Å²) in [5.74, 6) is -0.986. The van der Waals surface area contributed by atoms with Crippen LogP contribution in [0.15, 0.2) is 12.2 Å². The highest BCUT2D eigenvalue weighted by molar-refractivity contribution is 8.00. The zero-order valence-electron chi connectivity index (χ0n) is 9.32. The van der Waals surface area contributed by atoms with Gasteiger partial charge in [0.15, 0.2) is 0 Å². The third-order valence-corrected chi connectivity index (χ3v) is 2.29. The summed E-state index contributed by atoms with van der Waals surface area (Å²) in [6, 6.07) is 0. The first-order valence-corrected chi connectivity index (χ1v) is 5.96. The Morgan fingerprint density at radius 3 is 2.69 bits per heavy atom. The maximum atomic E-state index is 11.1. The summed E-state index contributed by atoms with van der Waals surface area (Å²) in [4.78, 5) is 21.3. The molecule has 0 rings (SSSR count). The van der Waals surface area contributed by atoms with Crippen molar-refractivity contribution in [2.45, 2.75) is 6.92 Å². The van der Waals surface area contributed by atoms with E-state index in [1.165, 1.54) is 0 Å². The third-order valence-electron chi connectivity index (χ3n) is 1.38. The van der Waals surface area contributed by atoms with Gasteiger partial charge >= 0.3 is 5.97 Å². The monoisotopic (exact) mass is 247 g/mol. The zero-order valence-corrected chi connectivity index (χ0v) is 10.1. The van der Waals surface area contributed by atoms with E-state index in [0.29, 0.717) is 19.8 Å². The van der Waals surface area contributed by atoms with Gasteiger partial charge in [0.05, 0.1) is 24.7 Å². The van der Waals surface area contributed by atoms with Gasteiger partial charge in [-0.25, -0.2) is 0 Å². The molecule has 6 heteroatoms. The van der Waals surface area contributed by atoms with Crippen LogP contribution >= 0.6 is 11.8 Å². The van der Waals surface area contributed by atoms with Crippen LogP contribution in [-0.2, 0) is 14.3 Å². The van der Waals surface area contributed by atoms with Crippen LogP contribution < -0.4 is 5.32 Å². The molecule has 0 bridgehead atoms. The van der Waals surface area contributed by atoms with Crippen molar-refractivity contribution in [3.05, 3.63) is 12.2 Å². The molecule has 0 atom stereocenters. The molecule has 0 fully saturated rings. The van der Waals surface area contributed by atoms with Crippen LogP contribution in [0.25, 0.3) is 0 Å². The molecule has 0 heterocycles. The van der Waals surface area contributed by atoms with Gasteiger partial charge in [0.2, 0.25) is 5.91 Å². The second kappa shape index (κ2) is 9.23. The maximum absolute atomic E-state index is 11.1. The predicted molar refractivity (Wildman–Crippen MR) is 63.6 cm³/mol. The van der Waals surface area contributed by atoms with E-state index in [-0.39, 0.29) is 17.4 Å². The topological polar surface area (TPSA) is 75.6 Å². The highest BCUT2D eigenvalue weighted by atomic mass is 32.2. The molecule has 0 aromatic heterocycles. The summed E-state index contributed by atoms with van der Waals surface area (Å²) in [5, 5.41) is 11.0. The van der Waals surface area contributed by atoms with Crippen LogP contribution in [0, 0.1) is 0 Å². The van der Waals surface area contributed by atoms with Crippen molar-refractivity contribution in [3.63, 3.8) is 0 Å². The Morgan fingerprint density at radius 2 is 2.12 bits per heavy atom. The van der Waals surface area contributed by atoms with E-state index in [0.717, 1.165) is 17.3 Å². The van der Waals surface area contributed by atoms with Gasteiger partial charge in [-0.05, 0) is 6.92 Å². The first-order chi connectivity index (χ1) is 7.52. The Labute approximate surface area is 99.2 Å². The lowest BCUT2D eigenvalue weighted by atomic mass is 10.4. The van der Waals surface area contributed by atoms with Crippen molar-refractivity contribution in [3.8, 4) is 0 Å². The third kappa shape index (κ3) is 11.1. The first kappa shape index (κ1) is 15.0. The summed E-state index contributed by atoms with van der Waals surface area (Å²) in [7, 11) is 0. The molecule has 0 unspecified atom stereocenters. The highest BCUT2D eigenvalue weighted by Crippen LogP contribution is 1.97. The largest absolute Gasteiger partial charge is 0.481 e. The fourth-order valence-corrected chi connectivity index (χ4v) is 1.36. The summed E-state index contributed by atoms with van der Waals surface area (Å²) in [5.41, 5.74) is 0.934. The Kier molecular flexibility index (Phi) is 8.65. The molecule has 0 aliphatic heterocycles. The van der Waals surface area contributed by atoms with E-state index in [9.17, 15) is 9.59 Å². The summed E-state index contributed by atoms with van der Waals surface area (Å²) >= 11 is 1.07. The van der Waals surface area contributed by atoms with Gasteiger partial charge in [-0.1, -0.05) is 12.2 Å². The smallest absolute Gasteiger partial charge is 0.313 e. The molecular formula is C10H17NO4S.